The van der Waals surface area contributed by atoms with Crippen molar-refractivity contribution >= 4 is 0 Å². The highest BCUT2D eigenvalue weighted by Gasteiger charge is 2.26. The highest BCUT2D eigenvalue weighted by atomic mass is 16.3. The summed E-state index contributed by atoms with van der Waals surface area (Å²) in [6, 6.07) is 18.2. The molecule has 0 radical (unpaired) electrons. The minimum atomic E-state index is -0.493. The zero-order chi connectivity index (χ0) is 12.4. The van der Waals surface area contributed by atoms with E-state index >= 15 is 0 Å². The fraction of sp³-hybridized carbons (Fsp3) is 0.250. The summed E-state index contributed by atoms with van der Waals surface area (Å²) in [7, 11) is 0. The molecule has 92 valence electrons. The Morgan fingerprint density at radius 1 is 1.00 bits per heavy atom. The van der Waals surface area contributed by atoms with Crippen molar-refractivity contribution < 1.29 is 5.11 Å². The van der Waals surface area contributed by atoms with Crippen LogP contribution in [-0.4, -0.2) is 11.7 Å². The third kappa shape index (κ3) is 2.05. The van der Waals surface area contributed by atoms with Crippen molar-refractivity contribution in [2.45, 2.75) is 18.6 Å². The lowest BCUT2D eigenvalue weighted by atomic mass is 9.88. The van der Waals surface area contributed by atoms with E-state index in [9.17, 15) is 5.11 Å². The van der Waals surface area contributed by atoms with Gasteiger partial charge in [-0.15, -0.1) is 0 Å². The Balaban J connectivity index is 1.94. The summed E-state index contributed by atoms with van der Waals surface area (Å²) in [6.07, 6.45) is 0.543. The minimum Gasteiger partial charge on any atom is -0.386 e. The quantitative estimate of drug-likeness (QED) is 0.844. The zero-order valence-electron chi connectivity index (χ0n) is 10.2. The van der Waals surface area contributed by atoms with Gasteiger partial charge in [0, 0.05) is 0 Å². The maximum Gasteiger partial charge on any atom is 0.0984 e. The lowest BCUT2D eigenvalue weighted by Crippen LogP contribution is -2.33. The largest absolute Gasteiger partial charge is 0.386 e. The van der Waals surface area contributed by atoms with E-state index < -0.39 is 6.10 Å². The summed E-state index contributed by atoms with van der Waals surface area (Å²) < 4.78 is 0. The Morgan fingerprint density at radius 2 is 1.72 bits per heavy atom. The van der Waals surface area contributed by atoms with Gasteiger partial charge in [0.1, 0.15) is 0 Å². The van der Waals surface area contributed by atoms with Crippen LogP contribution in [0.1, 0.15) is 28.8 Å². The number of benzene rings is 2. The first-order chi connectivity index (χ1) is 8.86. The maximum atomic E-state index is 10.5. The second-order valence-corrected chi connectivity index (χ2v) is 4.74. The van der Waals surface area contributed by atoms with E-state index in [-0.39, 0.29) is 6.04 Å². The number of fused-ring (bicyclic) bond motifs is 1. The molecule has 2 heteroatoms. The second kappa shape index (κ2) is 4.92. The van der Waals surface area contributed by atoms with Crippen molar-refractivity contribution in [2.75, 3.05) is 6.54 Å². The van der Waals surface area contributed by atoms with Crippen LogP contribution in [-0.2, 0) is 6.42 Å². The van der Waals surface area contributed by atoms with Gasteiger partial charge < -0.3 is 10.4 Å². The number of rotatable bonds is 2. The molecule has 0 unspecified atom stereocenters. The number of hydrogen-bond acceptors (Lipinski definition) is 2. The second-order valence-electron chi connectivity index (χ2n) is 4.74. The highest BCUT2D eigenvalue weighted by molar-refractivity contribution is 5.35. The molecule has 0 bridgehead atoms. The van der Waals surface area contributed by atoms with Crippen LogP contribution in [0.4, 0.5) is 0 Å². The molecule has 1 aliphatic rings. The molecule has 0 spiro atoms. The monoisotopic (exact) mass is 239 g/mol. The normalized spacial score (nSPS) is 20.2. The number of aliphatic hydroxyl groups excluding tert-OH is 1. The van der Waals surface area contributed by atoms with Crippen LogP contribution in [0.15, 0.2) is 54.6 Å². The smallest absolute Gasteiger partial charge is 0.0984 e. The van der Waals surface area contributed by atoms with Crippen LogP contribution in [0.25, 0.3) is 0 Å². The van der Waals surface area contributed by atoms with Crippen molar-refractivity contribution in [1.29, 1.82) is 0 Å². The Kier molecular flexibility index (Phi) is 3.13. The van der Waals surface area contributed by atoms with Gasteiger partial charge in [-0.1, -0.05) is 54.6 Å². The van der Waals surface area contributed by atoms with Gasteiger partial charge in [0.05, 0.1) is 12.1 Å². The van der Waals surface area contributed by atoms with E-state index in [1.807, 2.05) is 36.4 Å². The molecule has 0 saturated carbocycles. The fourth-order valence-corrected chi connectivity index (χ4v) is 2.66. The van der Waals surface area contributed by atoms with Gasteiger partial charge in [-0.25, -0.2) is 0 Å². The molecule has 0 saturated heterocycles. The molecule has 2 N–H and O–H groups in total. The van der Waals surface area contributed by atoms with Gasteiger partial charge in [0.15, 0.2) is 0 Å². The number of aliphatic hydroxyl groups is 1. The molecule has 0 fully saturated rings. The van der Waals surface area contributed by atoms with Crippen LogP contribution in [0.2, 0.25) is 0 Å². The predicted molar refractivity (Wildman–Crippen MR) is 72.3 cm³/mol. The van der Waals surface area contributed by atoms with Crippen LogP contribution in [0.5, 0.6) is 0 Å². The average molecular weight is 239 g/mol. The van der Waals surface area contributed by atoms with Gasteiger partial charge in [-0.2, -0.15) is 0 Å². The Hall–Kier alpha value is -1.64. The first kappa shape index (κ1) is 11.5. The molecule has 18 heavy (non-hydrogen) atoms. The van der Waals surface area contributed by atoms with Crippen LogP contribution in [0.3, 0.4) is 0 Å². The summed E-state index contributed by atoms with van der Waals surface area (Å²) >= 11 is 0. The van der Waals surface area contributed by atoms with E-state index in [4.69, 9.17) is 0 Å². The molecule has 3 rings (SSSR count). The molecular formula is C16H17NO. The summed E-state index contributed by atoms with van der Waals surface area (Å²) in [5, 5.41) is 14.0. The van der Waals surface area contributed by atoms with Crippen molar-refractivity contribution in [2.24, 2.45) is 0 Å². The molecule has 2 nitrogen and oxygen atoms in total. The van der Waals surface area contributed by atoms with Gasteiger partial charge in [0.2, 0.25) is 0 Å². The summed E-state index contributed by atoms with van der Waals surface area (Å²) in [5.41, 5.74) is 3.53. The van der Waals surface area contributed by atoms with Gasteiger partial charge >= 0.3 is 0 Å². The van der Waals surface area contributed by atoms with E-state index in [0.717, 1.165) is 18.5 Å². The van der Waals surface area contributed by atoms with Gasteiger partial charge in [-0.05, 0) is 29.7 Å². The lowest BCUT2D eigenvalue weighted by molar-refractivity contribution is 0.125. The molecule has 0 aliphatic carbocycles. The Bertz CT molecular complexity index is 524. The summed E-state index contributed by atoms with van der Waals surface area (Å²) in [5.74, 6) is 0. The zero-order valence-corrected chi connectivity index (χ0v) is 10.2. The lowest BCUT2D eigenvalue weighted by Gasteiger charge is -2.30. The van der Waals surface area contributed by atoms with Gasteiger partial charge in [-0.3, -0.25) is 0 Å². The first-order valence-electron chi connectivity index (χ1n) is 6.40. The molecule has 1 aliphatic heterocycles. The number of hydrogen-bond donors (Lipinski definition) is 2. The van der Waals surface area contributed by atoms with Crippen LogP contribution >= 0.6 is 0 Å². The SMILES string of the molecule is O[C@@H](c1ccccc1)[C@H]1NCCc2ccccc21. The van der Waals surface area contributed by atoms with Crippen molar-refractivity contribution in [1.82, 2.24) is 5.32 Å². The Morgan fingerprint density at radius 3 is 2.56 bits per heavy atom. The maximum absolute atomic E-state index is 10.5. The molecule has 2 atom stereocenters. The molecule has 1 heterocycles. The minimum absolute atomic E-state index is 0.00245. The average Bonchev–Trinajstić information content (AvgIpc) is 2.47. The molecule has 2 aromatic rings. The molecule has 0 aromatic heterocycles. The van der Waals surface area contributed by atoms with E-state index in [0.29, 0.717) is 0 Å². The van der Waals surface area contributed by atoms with Crippen molar-refractivity contribution in [3.63, 3.8) is 0 Å². The van der Waals surface area contributed by atoms with Crippen LogP contribution < -0.4 is 5.32 Å². The predicted octanol–water partition coefficient (Wildman–Crippen LogP) is 2.61. The summed E-state index contributed by atoms with van der Waals surface area (Å²) in [4.78, 5) is 0. The first-order valence-corrected chi connectivity index (χ1v) is 6.40. The standard InChI is InChI=1S/C16H17NO/c18-16(13-7-2-1-3-8-13)15-14-9-5-4-6-12(14)10-11-17-15/h1-9,15-18H,10-11H2/t15-,16-/m0/s1. The highest BCUT2D eigenvalue weighted by Crippen LogP contribution is 2.32. The van der Waals surface area contributed by atoms with Crippen LogP contribution in [0, 0.1) is 0 Å². The Labute approximate surface area is 107 Å². The van der Waals surface area contributed by atoms with E-state index in [1.54, 1.807) is 0 Å². The third-order valence-corrected chi connectivity index (χ3v) is 3.61. The fourth-order valence-electron chi connectivity index (χ4n) is 2.66. The van der Waals surface area contributed by atoms with E-state index in [1.165, 1.54) is 11.1 Å². The topological polar surface area (TPSA) is 32.3 Å². The van der Waals surface area contributed by atoms with Crippen molar-refractivity contribution in [3.8, 4) is 0 Å². The van der Waals surface area contributed by atoms with Crippen molar-refractivity contribution in [3.05, 3.63) is 71.3 Å². The summed E-state index contributed by atoms with van der Waals surface area (Å²) in [6.45, 7) is 0.922. The molecular weight excluding hydrogens is 222 g/mol. The molecule has 2 aromatic carbocycles. The third-order valence-electron chi connectivity index (χ3n) is 3.61. The van der Waals surface area contributed by atoms with E-state index in [2.05, 4.69) is 23.5 Å². The van der Waals surface area contributed by atoms with Gasteiger partial charge in [0.25, 0.3) is 0 Å². The number of nitrogens with one attached hydrogen (secondary N) is 1. The molecule has 0 amide bonds.